The number of carbonyl (C=O) groups is 1. The molecule has 4 nitrogen and oxygen atoms in total. The molecule has 1 heterocycles. The van der Waals surface area contributed by atoms with E-state index in [0.29, 0.717) is 0 Å². The summed E-state index contributed by atoms with van der Waals surface area (Å²) < 4.78 is 39.7. The van der Waals surface area contributed by atoms with E-state index in [1.54, 1.807) is 24.5 Å². The van der Waals surface area contributed by atoms with Crippen LogP contribution in [0, 0.1) is 0 Å². The minimum atomic E-state index is -4.41. The first-order chi connectivity index (χ1) is 8.38. The summed E-state index contributed by atoms with van der Waals surface area (Å²) in [4.78, 5) is 16.6. The van der Waals surface area contributed by atoms with Crippen LogP contribution in [0.25, 0.3) is 0 Å². The minimum absolute atomic E-state index is 0.280. The van der Waals surface area contributed by atoms with Crippen molar-refractivity contribution in [2.75, 3.05) is 20.3 Å². The summed E-state index contributed by atoms with van der Waals surface area (Å²) >= 11 is 0. The molecule has 1 amide bonds. The van der Waals surface area contributed by atoms with Gasteiger partial charge in [0, 0.05) is 26.0 Å². The molecule has 1 aromatic heterocycles. The first-order valence-corrected chi connectivity index (χ1v) is 5.16. The molecule has 18 heavy (non-hydrogen) atoms. The lowest BCUT2D eigenvalue weighted by molar-refractivity contribution is -0.177. The molecule has 0 N–H and O–H groups in total. The maximum absolute atomic E-state index is 11.8. The van der Waals surface area contributed by atoms with Crippen LogP contribution in [-0.2, 0) is 16.1 Å². The van der Waals surface area contributed by atoms with Gasteiger partial charge in [0.25, 0.3) is 0 Å². The molecule has 0 atom stereocenters. The second-order valence-electron chi connectivity index (χ2n) is 3.72. The Bertz CT molecular complexity index is 382. The summed E-state index contributed by atoms with van der Waals surface area (Å²) in [5.41, 5.74) is 0.796. The fraction of sp³-hybridized carbons (Fsp3) is 0.455. The van der Waals surface area contributed by atoms with Crippen molar-refractivity contribution in [1.29, 1.82) is 0 Å². The van der Waals surface area contributed by atoms with E-state index in [4.69, 9.17) is 0 Å². The van der Waals surface area contributed by atoms with E-state index < -0.39 is 25.3 Å². The Kier molecular flexibility index (Phi) is 5.08. The fourth-order valence-corrected chi connectivity index (χ4v) is 1.22. The number of aromatic nitrogens is 1. The summed E-state index contributed by atoms with van der Waals surface area (Å²) in [6.45, 7) is -1.72. The van der Waals surface area contributed by atoms with Gasteiger partial charge in [-0.1, -0.05) is 6.07 Å². The van der Waals surface area contributed by atoms with Gasteiger partial charge in [-0.05, 0) is 11.6 Å². The number of halogens is 3. The molecule has 7 heteroatoms. The van der Waals surface area contributed by atoms with Crippen LogP contribution in [0.5, 0.6) is 0 Å². The molecule has 0 fully saturated rings. The van der Waals surface area contributed by atoms with Crippen molar-refractivity contribution in [2.45, 2.75) is 12.7 Å². The Morgan fingerprint density at radius 3 is 2.78 bits per heavy atom. The normalized spacial score (nSPS) is 11.3. The Balaban J connectivity index is 2.34. The lowest BCUT2D eigenvalue weighted by atomic mass is 10.3. The first kappa shape index (κ1) is 14.4. The standard InChI is InChI=1S/C11H13F3N2O2/c1-16(6-9-3-2-4-15-5-9)10(17)7-18-8-11(12,13)14/h2-5H,6-8H2,1H3. The predicted octanol–water partition coefficient (Wildman–Crippen LogP) is 1.62. The first-order valence-electron chi connectivity index (χ1n) is 5.16. The summed E-state index contributed by atoms with van der Waals surface area (Å²) in [7, 11) is 1.49. The zero-order valence-electron chi connectivity index (χ0n) is 9.78. The molecule has 1 aromatic rings. The molecule has 100 valence electrons. The number of nitrogens with zero attached hydrogens (tertiary/aromatic N) is 2. The van der Waals surface area contributed by atoms with Gasteiger partial charge in [-0.3, -0.25) is 9.78 Å². The average Bonchev–Trinajstić information content (AvgIpc) is 2.28. The number of amides is 1. The van der Waals surface area contributed by atoms with Gasteiger partial charge in [-0.25, -0.2) is 0 Å². The third-order valence-electron chi connectivity index (χ3n) is 2.06. The van der Waals surface area contributed by atoms with E-state index in [9.17, 15) is 18.0 Å². The van der Waals surface area contributed by atoms with Crippen LogP contribution >= 0.6 is 0 Å². The Morgan fingerprint density at radius 2 is 2.22 bits per heavy atom. The van der Waals surface area contributed by atoms with Crippen LogP contribution in [-0.4, -0.2) is 42.2 Å². The van der Waals surface area contributed by atoms with Crippen molar-refractivity contribution >= 4 is 5.91 Å². The van der Waals surface area contributed by atoms with Gasteiger partial charge in [0.05, 0.1) is 0 Å². The van der Waals surface area contributed by atoms with E-state index in [1.807, 2.05) is 0 Å². The SMILES string of the molecule is CN(Cc1cccnc1)C(=O)COCC(F)(F)F. The van der Waals surface area contributed by atoms with Crippen LogP contribution < -0.4 is 0 Å². The van der Waals surface area contributed by atoms with Gasteiger partial charge in [0.2, 0.25) is 5.91 Å². The van der Waals surface area contributed by atoms with Crippen molar-refractivity contribution in [3.8, 4) is 0 Å². The second-order valence-corrected chi connectivity index (χ2v) is 3.72. The van der Waals surface area contributed by atoms with Gasteiger partial charge >= 0.3 is 6.18 Å². The number of rotatable bonds is 5. The summed E-state index contributed by atoms with van der Waals surface area (Å²) in [6, 6.07) is 3.49. The van der Waals surface area contributed by atoms with E-state index >= 15 is 0 Å². The monoisotopic (exact) mass is 262 g/mol. The lowest BCUT2D eigenvalue weighted by Gasteiger charge is -2.17. The smallest absolute Gasteiger partial charge is 0.362 e. The average molecular weight is 262 g/mol. The third kappa shape index (κ3) is 5.62. The Morgan fingerprint density at radius 1 is 1.50 bits per heavy atom. The number of hydrogen-bond donors (Lipinski definition) is 0. The molecule has 0 aliphatic heterocycles. The van der Waals surface area contributed by atoms with Crippen molar-refractivity contribution in [1.82, 2.24) is 9.88 Å². The molecule has 0 aliphatic rings. The van der Waals surface area contributed by atoms with Crippen molar-refractivity contribution in [3.05, 3.63) is 30.1 Å². The van der Waals surface area contributed by atoms with E-state index in [0.717, 1.165) is 5.56 Å². The number of ether oxygens (including phenoxy) is 1. The van der Waals surface area contributed by atoms with Crippen LogP contribution in [0.4, 0.5) is 13.2 Å². The molecule has 0 aromatic carbocycles. The van der Waals surface area contributed by atoms with E-state index in [1.165, 1.54) is 11.9 Å². The van der Waals surface area contributed by atoms with Crippen LogP contribution in [0.1, 0.15) is 5.56 Å². The Labute approximate surface area is 102 Å². The fourth-order valence-electron chi connectivity index (χ4n) is 1.22. The lowest BCUT2D eigenvalue weighted by Crippen LogP contribution is -2.31. The second kappa shape index (κ2) is 6.34. The number of carbonyl (C=O) groups excluding carboxylic acids is 1. The topological polar surface area (TPSA) is 42.4 Å². The molecule has 0 radical (unpaired) electrons. The zero-order valence-corrected chi connectivity index (χ0v) is 9.78. The van der Waals surface area contributed by atoms with Crippen LogP contribution in [0.3, 0.4) is 0 Å². The number of pyridine rings is 1. The molecule has 1 rings (SSSR count). The maximum Gasteiger partial charge on any atom is 0.411 e. The van der Waals surface area contributed by atoms with Gasteiger partial charge in [0.1, 0.15) is 13.2 Å². The largest absolute Gasteiger partial charge is 0.411 e. The summed E-state index contributed by atoms with van der Waals surface area (Å²) in [5.74, 6) is -0.511. The summed E-state index contributed by atoms with van der Waals surface area (Å²) in [6.07, 6.45) is -1.24. The molecule has 0 bridgehead atoms. The van der Waals surface area contributed by atoms with Gasteiger partial charge in [0.15, 0.2) is 0 Å². The molecule has 0 unspecified atom stereocenters. The highest BCUT2D eigenvalue weighted by Gasteiger charge is 2.28. The summed E-state index contributed by atoms with van der Waals surface area (Å²) in [5, 5.41) is 0. The highest BCUT2D eigenvalue weighted by atomic mass is 19.4. The number of alkyl halides is 3. The maximum atomic E-state index is 11.8. The predicted molar refractivity (Wildman–Crippen MR) is 57.6 cm³/mol. The van der Waals surface area contributed by atoms with Gasteiger partial charge in [-0.15, -0.1) is 0 Å². The van der Waals surface area contributed by atoms with E-state index in [2.05, 4.69) is 9.72 Å². The Hall–Kier alpha value is -1.63. The third-order valence-corrected chi connectivity index (χ3v) is 2.06. The minimum Gasteiger partial charge on any atom is -0.362 e. The molecule has 0 saturated carbocycles. The van der Waals surface area contributed by atoms with Crippen molar-refractivity contribution < 1.29 is 22.7 Å². The van der Waals surface area contributed by atoms with Gasteiger partial charge in [-0.2, -0.15) is 13.2 Å². The molecule has 0 aliphatic carbocycles. The number of hydrogen-bond acceptors (Lipinski definition) is 3. The van der Waals surface area contributed by atoms with Crippen molar-refractivity contribution in [2.24, 2.45) is 0 Å². The van der Waals surface area contributed by atoms with Crippen molar-refractivity contribution in [3.63, 3.8) is 0 Å². The van der Waals surface area contributed by atoms with E-state index in [-0.39, 0.29) is 6.54 Å². The van der Waals surface area contributed by atoms with Crippen LogP contribution in [0.2, 0.25) is 0 Å². The number of likely N-dealkylation sites (N-methyl/N-ethyl adjacent to an activating group) is 1. The van der Waals surface area contributed by atoms with Crippen LogP contribution in [0.15, 0.2) is 24.5 Å². The highest BCUT2D eigenvalue weighted by Crippen LogP contribution is 2.14. The highest BCUT2D eigenvalue weighted by molar-refractivity contribution is 5.77. The molecule has 0 saturated heterocycles. The molecular formula is C11H13F3N2O2. The van der Waals surface area contributed by atoms with Gasteiger partial charge < -0.3 is 9.64 Å². The molecule has 0 spiro atoms. The zero-order chi connectivity index (χ0) is 13.6. The molecular weight excluding hydrogens is 249 g/mol. The quantitative estimate of drug-likeness (QED) is 0.809.